The van der Waals surface area contributed by atoms with E-state index in [9.17, 15) is 10.1 Å². The van der Waals surface area contributed by atoms with Gasteiger partial charge in [0.25, 0.3) is 5.69 Å². The molecule has 1 aromatic carbocycles. The summed E-state index contributed by atoms with van der Waals surface area (Å²) in [5, 5.41) is 16.4. The van der Waals surface area contributed by atoms with Crippen LogP contribution in [0, 0.1) is 22.0 Å². The van der Waals surface area contributed by atoms with E-state index >= 15 is 0 Å². The van der Waals surface area contributed by atoms with Crippen LogP contribution in [0.25, 0.3) is 10.9 Å². The molecular weight excluding hydrogens is 372 g/mol. The largest absolute Gasteiger partial charge is 0.360 e. The van der Waals surface area contributed by atoms with E-state index in [1.165, 1.54) is 12.1 Å². The molecule has 0 amide bonds. The summed E-state index contributed by atoms with van der Waals surface area (Å²) in [6.45, 7) is 7.73. The SMILES string of the molecule is C[Si](C)(C)CCOCn1nc(C#Cc2ccccn2)c2ccc([N+](=O)[O-])cc21. The van der Waals surface area contributed by atoms with Crippen molar-refractivity contribution in [2.24, 2.45) is 0 Å². The molecule has 0 aliphatic heterocycles. The van der Waals surface area contributed by atoms with Crippen molar-refractivity contribution in [2.45, 2.75) is 32.4 Å². The number of hydrogen-bond acceptors (Lipinski definition) is 5. The van der Waals surface area contributed by atoms with Crippen molar-refractivity contribution in [1.29, 1.82) is 0 Å². The summed E-state index contributed by atoms with van der Waals surface area (Å²) in [6, 6.07) is 11.2. The van der Waals surface area contributed by atoms with Gasteiger partial charge in [-0.2, -0.15) is 5.10 Å². The van der Waals surface area contributed by atoms with E-state index in [-0.39, 0.29) is 12.4 Å². The third-order valence-electron chi connectivity index (χ3n) is 4.13. The number of pyridine rings is 1. The Hall–Kier alpha value is -3.02. The van der Waals surface area contributed by atoms with E-state index in [1.807, 2.05) is 18.2 Å². The van der Waals surface area contributed by atoms with E-state index < -0.39 is 13.0 Å². The summed E-state index contributed by atoms with van der Waals surface area (Å²) in [7, 11) is -1.19. The standard InChI is InChI=1S/C20H22N4O3Si/c1-28(2,3)13-12-27-15-23-20-14-17(24(25)26)8-9-18(20)19(22-23)10-7-16-6-4-5-11-21-16/h4-6,8-9,11,14H,12-13,15H2,1-3H3. The van der Waals surface area contributed by atoms with Gasteiger partial charge in [-0.05, 0) is 36.1 Å². The molecule has 0 N–H and O–H groups in total. The highest BCUT2D eigenvalue weighted by molar-refractivity contribution is 6.76. The van der Waals surface area contributed by atoms with Crippen LogP contribution in [0.1, 0.15) is 11.4 Å². The smallest absolute Gasteiger partial charge is 0.271 e. The minimum absolute atomic E-state index is 0.0139. The topological polar surface area (TPSA) is 83.1 Å². The van der Waals surface area contributed by atoms with E-state index in [1.54, 1.807) is 16.9 Å². The Morgan fingerprint density at radius 2 is 2.04 bits per heavy atom. The second kappa shape index (κ2) is 8.33. The first-order valence-electron chi connectivity index (χ1n) is 8.99. The fourth-order valence-electron chi connectivity index (χ4n) is 2.56. The zero-order valence-electron chi connectivity index (χ0n) is 16.2. The molecule has 0 bridgehead atoms. The molecule has 0 aliphatic carbocycles. The van der Waals surface area contributed by atoms with Crippen LogP contribution in [0.5, 0.6) is 0 Å². The number of nitro benzene ring substituents is 1. The molecule has 0 radical (unpaired) electrons. The van der Waals surface area contributed by atoms with Gasteiger partial charge in [0, 0.05) is 38.4 Å². The third kappa shape index (κ3) is 5.03. The lowest BCUT2D eigenvalue weighted by Gasteiger charge is -2.15. The van der Waals surface area contributed by atoms with Gasteiger partial charge in [0.2, 0.25) is 0 Å². The number of aromatic nitrogens is 3. The van der Waals surface area contributed by atoms with Crippen LogP contribution in [0.15, 0.2) is 42.6 Å². The van der Waals surface area contributed by atoms with Crippen LogP contribution in [0.2, 0.25) is 25.7 Å². The van der Waals surface area contributed by atoms with Crippen LogP contribution in [0.3, 0.4) is 0 Å². The number of non-ortho nitro benzene ring substituents is 1. The molecule has 3 aromatic rings. The molecule has 0 saturated carbocycles. The van der Waals surface area contributed by atoms with E-state index in [2.05, 4.69) is 41.6 Å². The van der Waals surface area contributed by atoms with Crippen LogP contribution < -0.4 is 0 Å². The molecule has 0 aliphatic rings. The van der Waals surface area contributed by atoms with Gasteiger partial charge in [0.1, 0.15) is 18.1 Å². The Bertz CT molecular complexity index is 1050. The quantitative estimate of drug-likeness (QED) is 0.207. The molecule has 7 nitrogen and oxygen atoms in total. The Morgan fingerprint density at radius 1 is 1.21 bits per heavy atom. The summed E-state index contributed by atoms with van der Waals surface area (Å²) in [4.78, 5) is 14.9. The summed E-state index contributed by atoms with van der Waals surface area (Å²) in [5.41, 5.74) is 1.83. The van der Waals surface area contributed by atoms with Crippen molar-refractivity contribution in [3.63, 3.8) is 0 Å². The molecule has 2 aromatic heterocycles. The van der Waals surface area contributed by atoms with E-state index in [0.29, 0.717) is 23.5 Å². The number of nitrogens with zero attached hydrogens (tertiary/aromatic N) is 4. The van der Waals surface area contributed by atoms with Gasteiger partial charge < -0.3 is 4.74 Å². The molecule has 0 unspecified atom stereocenters. The van der Waals surface area contributed by atoms with Gasteiger partial charge in [0.15, 0.2) is 0 Å². The summed E-state index contributed by atoms with van der Waals surface area (Å²) in [6.07, 6.45) is 1.68. The average Bonchev–Trinajstić information content (AvgIpc) is 3.01. The third-order valence-corrected chi connectivity index (χ3v) is 5.83. The molecule has 0 atom stereocenters. The number of fused-ring (bicyclic) bond motifs is 1. The van der Waals surface area contributed by atoms with Gasteiger partial charge in [-0.3, -0.25) is 10.1 Å². The second-order valence-electron chi connectivity index (χ2n) is 7.62. The first-order chi connectivity index (χ1) is 13.3. The van der Waals surface area contributed by atoms with Crippen LogP contribution in [-0.2, 0) is 11.5 Å². The summed E-state index contributed by atoms with van der Waals surface area (Å²) >= 11 is 0. The van der Waals surface area contributed by atoms with E-state index in [4.69, 9.17) is 4.74 Å². The number of benzene rings is 1. The minimum Gasteiger partial charge on any atom is -0.360 e. The molecule has 144 valence electrons. The molecule has 0 fully saturated rings. The normalized spacial score (nSPS) is 11.2. The van der Waals surface area contributed by atoms with Gasteiger partial charge in [-0.15, -0.1) is 0 Å². The molecule has 8 heteroatoms. The van der Waals surface area contributed by atoms with Gasteiger partial charge in [0.05, 0.1) is 10.4 Å². The molecule has 0 spiro atoms. The minimum atomic E-state index is -1.19. The van der Waals surface area contributed by atoms with E-state index in [0.717, 1.165) is 11.4 Å². The van der Waals surface area contributed by atoms with Gasteiger partial charge >= 0.3 is 0 Å². The van der Waals surface area contributed by atoms with Crippen LogP contribution in [-0.4, -0.2) is 34.4 Å². The predicted octanol–water partition coefficient (Wildman–Crippen LogP) is 4.05. The highest BCUT2D eigenvalue weighted by atomic mass is 28.3. The van der Waals surface area contributed by atoms with Crippen LogP contribution >= 0.6 is 0 Å². The monoisotopic (exact) mass is 394 g/mol. The first kappa shape index (κ1) is 19.7. The molecule has 28 heavy (non-hydrogen) atoms. The van der Waals surface area contributed by atoms with Crippen molar-refractivity contribution in [3.8, 4) is 11.8 Å². The fraction of sp³-hybridized carbons (Fsp3) is 0.300. The summed E-state index contributed by atoms with van der Waals surface area (Å²) in [5.74, 6) is 6.01. The summed E-state index contributed by atoms with van der Waals surface area (Å²) < 4.78 is 7.42. The molecule has 3 rings (SSSR count). The Labute approximate surface area is 164 Å². The maximum atomic E-state index is 11.2. The maximum Gasteiger partial charge on any atom is 0.271 e. The highest BCUT2D eigenvalue weighted by Gasteiger charge is 2.15. The van der Waals surface area contributed by atoms with Crippen molar-refractivity contribution in [3.05, 3.63) is 64.1 Å². The molecular formula is C20H22N4O3Si. The molecule has 0 saturated heterocycles. The van der Waals surface area contributed by atoms with Gasteiger partial charge in [-0.1, -0.05) is 25.7 Å². The maximum absolute atomic E-state index is 11.2. The highest BCUT2D eigenvalue weighted by Crippen LogP contribution is 2.24. The zero-order chi connectivity index (χ0) is 20.1. The van der Waals surface area contributed by atoms with Crippen molar-refractivity contribution in [2.75, 3.05) is 6.61 Å². The number of nitro groups is 1. The van der Waals surface area contributed by atoms with Crippen molar-refractivity contribution < 1.29 is 9.66 Å². The zero-order valence-corrected chi connectivity index (χ0v) is 17.2. The van der Waals surface area contributed by atoms with Crippen LogP contribution in [0.4, 0.5) is 5.69 Å². The van der Waals surface area contributed by atoms with Crippen molar-refractivity contribution in [1.82, 2.24) is 14.8 Å². The fourth-order valence-corrected chi connectivity index (χ4v) is 3.31. The lowest BCUT2D eigenvalue weighted by Crippen LogP contribution is -2.22. The predicted molar refractivity (Wildman–Crippen MR) is 111 cm³/mol. The molecule has 2 heterocycles. The number of hydrogen-bond donors (Lipinski definition) is 0. The average molecular weight is 395 g/mol. The van der Waals surface area contributed by atoms with Crippen molar-refractivity contribution >= 4 is 24.7 Å². The lowest BCUT2D eigenvalue weighted by molar-refractivity contribution is -0.384. The number of ether oxygens (including phenoxy) is 1. The second-order valence-corrected chi connectivity index (χ2v) is 13.2. The number of rotatable bonds is 6. The lowest BCUT2D eigenvalue weighted by atomic mass is 10.2. The Balaban J connectivity index is 1.91. The Kier molecular flexibility index (Phi) is 5.87. The van der Waals surface area contributed by atoms with Gasteiger partial charge in [-0.25, -0.2) is 9.67 Å². The Morgan fingerprint density at radius 3 is 2.71 bits per heavy atom. The first-order valence-corrected chi connectivity index (χ1v) is 12.7.